The second kappa shape index (κ2) is 8.89. The predicted molar refractivity (Wildman–Crippen MR) is 123 cm³/mol. The lowest BCUT2D eigenvalue weighted by atomic mass is 10.0. The quantitative estimate of drug-likeness (QED) is 0.146. The van der Waals surface area contributed by atoms with Gasteiger partial charge in [0.1, 0.15) is 5.69 Å². The van der Waals surface area contributed by atoms with Crippen LogP contribution in [0.2, 0.25) is 0 Å². The number of carbonyl (C=O) groups is 1. The predicted octanol–water partition coefficient (Wildman–Crippen LogP) is 6.11. The zero-order chi connectivity index (χ0) is 21.8. The number of carbonyl (C=O) groups excluding carboxylic acids is 1. The van der Waals surface area contributed by atoms with Crippen molar-refractivity contribution in [1.29, 1.82) is 0 Å². The van der Waals surface area contributed by atoms with Crippen molar-refractivity contribution in [3.8, 4) is 16.9 Å². The summed E-state index contributed by atoms with van der Waals surface area (Å²) < 4.78 is 2.46. The molecule has 4 rings (SSSR count). The van der Waals surface area contributed by atoms with Crippen LogP contribution in [0.4, 0.5) is 5.69 Å². The molecule has 0 saturated carbocycles. The fourth-order valence-electron chi connectivity index (χ4n) is 3.17. The molecule has 0 N–H and O–H groups in total. The Morgan fingerprint density at radius 3 is 2.48 bits per heavy atom. The largest absolute Gasteiger partial charge is 0.289 e. The standard InChI is InChI=1S/C24H16BrN3O3/c25-19-8-6-7-17(15-19)23(29)14-13-18-16-27(20-9-2-1-3-10-20)26-24(18)21-11-4-5-12-22(21)28(30)31/h1-16H/b14-13+. The highest BCUT2D eigenvalue weighted by atomic mass is 79.9. The molecule has 0 spiro atoms. The van der Waals surface area contributed by atoms with Gasteiger partial charge in [0.05, 0.1) is 16.2 Å². The number of hydrogen-bond acceptors (Lipinski definition) is 4. The minimum absolute atomic E-state index is 0.0474. The number of nitro benzene ring substituents is 1. The molecule has 1 heterocycles. The van der Waals surface area contributed by atoms with Crippen molar-refractivity contribution in [2.24, 2.45) is 0 Å². The number of ketones is 1. The van der Waals surface area contributed by atoms with Crippen LogP contribution in [0.15, 0.2) is 95.6 Å². The summed E-state index contributed by atoms with van der Waals surface area (Å²) in [6, 6.07) is 23.0. The van der Waals surface area contributed by atoms with Crippen molar-refractivity contribution in [2.45, 2.75) is 0 Å². The number of rotatable bonds is 6. The summed E-state index contributed by atoms with van der Waals surface area (Å²) >= 11 is 3.37. The lowest BCUT2D eigenvalue weighted by Gasteiger charge is -2.02. The van der Waals surface area contributed by atoms with Gasteiger partial charge < -0.3 is 0 Å². The molecule has 0 aliphatic rings. The van der Waals surface area contributed by atoms with Gasteiger partial charge in [0, 0.05) is 27.9 Å². The van der Waals surface area contributed by atoms with Crippen molar-refractivity contribution < 1.29 is 9.72 Å². The first kappa shape index (κ1) is 20.4. The van der Waals surface area contributed by atoms with Crippen LogP contribution in [0.3, 0.4) is 0 Å². The molecule has 0 atom stereocenters. The Hall–Kier alpha value is -3.84. The molecule has 0 saturated heterocycles. The van der Waals surface area contributed by atoms with E-state index in [0.717, 1.165) is 10.2 Å². The van der Waals surface area contributed by atoms with Crippen LogP contribution in [0.25, 0.3) is 23.0 Å². The van der Waals surface area contributed by atoms with Gasteiger partial charge in [-0.05, 0) is 42.5 Å². The molecule has 0 unspecified atom stereocenters. The molecule has 1 aromatic heterocycles. The van der Waals surface area contributed by atoms with E-state index < -0.39 is 4.92 Å². The maximum Gasteiger partial charge on any atom is 0.278 e. The zero-order valence-corrected chi connectivity index (χ0v) is 17.8. The lowest BCUT2D eigenvalue weighted by Crippen LogP contribution is -1.96. The normalized spacial score (nSPS) is 11.0. The van der Waals surface area contributed by atoms with Gasteiger partial charge in [0.15, 0.2) is 5.78 Å². The number of allylic oxidation sites excluding steroid dienone is 1. The van der Waals surface area contributed by atoms with E-state index in [1.807, 2.05) is 36.4 Å². The van der Waals surface area contributed by atoms with Gasteiger partial charge in [-0.25, -0.2) is 4.68 Å². The maximum absolute atomic E-state index is 12.6. The highest BCUT2D eigenvalue weighted by molar-refractivity contribution is 9.10. The first-order valence-corrected chi connectivity index (χ1v) is 10.2. The average molecular weight is 474 g/mol. The van der Waals surface area contributed by atoms with E-state index in [9.17, 15) is 14.9 Å². The summed E-state index contributed by atoms with van der Waals surface area (Å²) in [6.45, 7) is 0. The Morgan fingerprint density at radius 1 is 1.00 bits per heavy atom. The van der Waals surface area contributed by atoms with Gasteiger partial charge in [-0.2, -0.15) is 5.10 Å². The molecule has 7 heteroatoms. The SMILES string of the molecule is O=C(/C=C/c1cn(-c2ccccc2)nc1-c1ccccc1[N+](=O)[O-])c1cccc(Br)c1. The van der Waals surface area contributed by atoms with Crippen molar-refractivity contribution in [3.05, 3.63) is 117 Å². The Kier molecular flexibility index (Phi) is 5.86. The van der Waals surface area contributed by atoms with Crippen LogP contribution in [0.5, 0.6) is 0 Å². The van der Waals surface area contributed by atoms with E-state index in [0.29, 0.717) is 22.4 Å². The van der Waals surface area contributed by atoms with Gasteiger partial charge in [0.2, 0.25) is 0 Å². The number of aromatic nitrogens is 2. The van der Waals surface area contributed by atoms with Gasteiger partial charge in [-0.1, -0.05) is 58.4 Å². The van der Waals surface area contributed by atoms with Crippen molar-refractivity contribution in [1.82, 2.24) is 9.78 Å². The van der Waals surface area contributed by atoms with Crippen LogP contribution >= 0.6 is 15.9 Å². The van der Waals surface area contributed by atoms with Gasteiger partial charge >= 0.3 is 0 Å². The van der Waals surface area contributed by atoms with Crippen molar-refractivity contribution >= 4 is 33.5 Å². The third kappa shape index (κ3) is 4.51. The molecule has 0 bridgehead atoms. The smallest absolute Gasteiger partial charge is 0.278 e. The number of nitrogens with zero attached hydrogens (tertiary/aromatic N) is 3. The topological polar surface area (TPSA) is 78.0 Å². The minimum atomic E-state index is -0.434. The van der Waals surface area contributed by atoms with Gasteiger partial charge in [-0.3, -0.25) is 14.9 Å². The van der Waals surface area contributed by atoms with Crippen LogP contribution in [-0.4, -0.2) is 20.5 Å². The number of benzene rings is 3. The summed E-state index contributed by atoms with van der Waals surface area (Å²) in [5, 5.41) is 16.2. The molecule has 0 aliphatic carbocycles. The monoisotopic (exact) mass is 473 g/mol. The maximum atomic E-state index is 12.6. The molecule has 152 valence electrons. The third-order valence-corrected chi connectivity index (χ3v) is 5.14. The fourth-order valence-corrected chi connectivity index (χ4v) is 3.57. The molecule has 6 nitrogen and oxygen atoms in total. The average Bonchev–Trinajstić information content (AvgIpc) is 3.22. The first-order chi connectivity index (χ1) is 15.0. The molecular weight excluding hydrogens is 458 g/mol. The minimum Gasteiger partial charge on any atom is -0.289 e. The Balaban J connectivity index is 1.80. The Labute approximate surface area is 186 Å². The van der Waals surface area contributed by atoms with E-state index in [1.165, 1.54) is 12.1 Å². The van der Waals surface area contributed by atoms with E-state index in [-0.39, 0.29) is 11.5 Å². The Bertz CT molecular complexity index is 1300. The van der Waals surface area contributed by atoms with Gasteiger partial charge in [-0.15, -0.1) is 0 Å². The summed E-state index contributed by atoms with van der Waals surface area (Å²) in [4.78, 5) is 23.8. The zero-order valence-electron chi connectivity index (χ0n) is 16.2. The lowest BCUT2D eigenvalue weighted by molar-refractivity contribution is -0.384. The van der Waals surface area contributed by atoms with E-state index in [4.69, 9.17) is 0 Å². The summed E-state index contributed by atoms with van der Waals surface area (Å²) in [5.41, 5.74) is 2.70. The summed E-state index contributed by atoms with van der Waals surface area (Å²) in [5.74, 6) is -0.178. The number of hydrogen-bond donors (Lipinski definition) is 0. The molecule has 0 amide bonds. The third-order valence-electron chi connectivity index (χ3n) is 4.64. The molecule has 4 aromatic rings. The second-order valence-electron chi connectivity index (χ2n) is 6.70. The van der Waals surface area contributed by atoms with Crippen LogP contribution in [0, 0.1) is 10.1 Å². The fraction of sp³-hybridized carbons (Fsp3) is 0. The molecular formula is C24H16BrN3O3. The van der Waals surface area contributed by atoms with Crippen LogP contribution < -0.4 is 0 Å². The number of para-hydroxylation sites is 2. The highest BCUT2D eigenvalue weighted by Gasteiger charge is 2.20. The molecule has 31 heavy (non-hydrogen) atoms. The Morgan fingerprint density at radius 2 is 1.74 bits per heavy atom. The van der Waals surface area contributed by atoms with Crippen molar-refractivity contribution in [3.63, 3.8) is 0 Å². The second-order valence-corrected chi connectivity index (χ2v) is 7.61. The van der Waals surface area contributed by atoms with Crippen LogP contribution in [0.1, 0.15) is 15.9 Å². The highest BCUT2D eigenvalue weighted by Crippen LogP contribution is 2.32. The molecule has 0 radical (unpaired) electrons. The van der Waals surface area contributed by atoms with Gasteiger partial charge in [0.25, 0.3) is 5.69 Å². The first-order valence-electron chi connectivity index (χ1n) is 9.40. The van der Waals surface area contributed by atoms with Crippen LogP contribution in [-0.2, 0) is 0 Å². The van der Waals surface area contributed by atoms with E-state index in [2.05, 4.69) is 21.0 Å². The molecule has 0 aliphatic heterocycles. The van der Waals surface area contributed by atoms with E-state index in [1.54, 1.807) is 53.4 Å². The molecule has 3 aromatic carbocycles. The van der Waals surface area contributed by atoms with E-state index >= 15 is 0 Å². The van der Waals surface area contributed by atoms with Crippen molar-refractivity contribution in [2.75, 3.05) is 0 Å². The summed E-state index contributed by atoms with van der Waals surface area (Å²) in [7, 11) is 0. The number of halogens is 1. The summed E-state index contributed by atoms with van der Waals surface area (Å²) in [6.07, 6.45) is 4.85. The number of nitro groups is 1. The molecule has 0 fully saturated rings.